The molecule has 124 valence electrons. The second-order valence-electron chi connectivity index (χ2n) is 6.21. The Balaban J connectivity index is 2.03. The van der Waals surface area contributed by atoms with Crippen molar-refractivity contribution in [2.24, 2.45) is 0 Å². The van der Waals surface area contributed by atoms with Crippen LogP contribution in [0.5, 0.6) is 0 Å². The van der Waals surface area contributed by atoms with Crippen LogP contribution in [0.2, 0.25) is 0 Å². The number of benzene rings is 1. The molecule has 4 nitrogen and oxygen atoms in total. The molecule has 1 aromatic rings. The van der Waals surface area contributed by atoms with Crippen LogP contribution in [0.25, 0.3) is 0 Å². The van der Waals surface area contributed by atoms with Gasteiger partial charge in [-0.05, 0) is 37.8 Å². The molecule has 0 saturated carbocycles. The maximum absolute atomic E-state index is 12.5. The van der Waals surface area contributed by atoms with Crippen LogP contribution in [0.1, 0.15) is 29.5 Å². The SMILES string of the molecule is C#CCN(C(=O)CCc1ccc(C)cc1C)C1CCS(=O)(=O)C1. The summed E-state index contributed by atoms with van der Waals surface area (Å²) in [5, 5.41) is 0. The fourth-order valence-electron chi connectivity index (χ4n) is 3.05. The first-order valence-electron chi connectivity index (χ1n) is 7.82. The lowest BCUT2D eigenvalue weighted by atomic mass is 10.0. The maximum Gasteiger partial charge on any atom is 0.223 e. The Morgan fingerprint density at radius 1 is 1.39 bits per heavy atom. The molecular formula is C18H23NO3S. The predicted molar refractivity (Wildman–Crippen MR) is 91.8 cm³/mol. The molecular weight excluding hydrogens is 310 g/mol. The number of terminal acetylenes is 1. The van der Waals surface area contributed by atoms with E-state index in [0.29, 0.717) is 19.3 Å². The van der Waals surface area contributed by atoms with E-state index >= 15 is 0 Å². The minimum Gasteiger partial charge on any atom is -0.328 e. The van der Waals surface area contributed by atoms with E-state index in [9.17, 15) is 13.2 Å². The molecule has 0 N–H and O–H groups in total. The third-order valence-electron chi connectivity index (χ3n) is 4.34. The summed E-state index contributed by atoms with van der Waals surface area (Å²) in [5.41, 5.74) is 3.51. The molecule has 0 bridgehead atoms. The van der Waals surface area contributed by atoms with E-state index in [1.807, 2.05) is 26.0 Å². The molecule has 0 aromatic heterocycles. The van der Waals surface area contributed by atoms with Gasteiger partial charge in [0.25, 0.3) is 0 Å². The van der Waals surface area contributed by atoms with Gasteiger partial charge in [-0.2, -0.15) is 0 Å². The Morgan fingerprint density at radius 3 is 2.70 bits per heavy atom. The Labute approximate surface area is 138 Å². The lowest BCUT2D eigenvalue weighted by molar-refractivity contribution is -0.132. The summed E-state index contributed by atoms with van der Waals surface area (Å²) in [6, 6.07) is 5.91. The van der Waals surface area contributed by atoms with Crippen molar-refractivity contribution in [2.45, 2.75) is 39.2 Å². The summed E-state index contributed by atoms with van der Waals surface area (Å²) in [7, 11) is -3.03. The van der Waals surface area contributed by atoms with E-state index in [-0.39, 0.29) is 30.0 Å². The highest BCUT2D eigenvalue weighted by atomic mass is 32.2. The highest BCUT2D eigenvalue weighted by Crippen LogP contribution is 2.19. The van der Waals surface area contributed by atoms with Crippen molar-refractivity contribution in [2.75, 3.05) is 18.1 Å². The molecule has 0 aliphatic carbocycles. The molecule has 1 amide bonds. The minimum absolute atomic E-state index is 0.0317. The summed E-state index contributed by atoms with van der Waals surface area (Å²) in [6.07, 6.45) is 6.84. The van der Waals surface area contributed by atoms with Gasteiger partial charge < -0.3 is 4.90 Å². The maximum atomic E-state index is 12.5. The number of hydrogen-bond donors (Lipinski definition) is 0. The summed E-state index contributed by atoms with van der Waals surface area (Å²) < 4.78 is 23.3. The van der Waals surface area contributed by atoms with Crippen LogP contribution in [0.4, 0.5) is 0 Å². The number of amides is 1. The van der Waals surface area contributed by atoms with E-state index in [0.717, 1.165) is 5.56 Å². The van der Waals surface area contributed by atoms with Gasteiger partial charge in [-0.1, -0.05) is 29.7 Å². The Kier molecular flexibility index (Phi) is 5.48. The standard InChI is InChI=1S/C18H23NO3S/c1-4-10-19(17-9-11-23(21,22)13-17)18(20)8-7-16-6-5-14(2)12-15(16)3/h1,5-6,12,17H,7-11,13H2,2-3H3. The number of carbonyl (C=O) groups excluding carboxylic acids is 1. The van der Waals surface area contributed by atoms with Crippen LogP contribution in [-0.2, 0) is 21.1 Å². The second-order valence-corrected chi connectivity index (χ2v) is 8.44. The van der Waals surface area contributed by atoms with Gasteiger partial charge in [0, 0.05) is 12.5 Å². The molecule has 5 heteroatoms. The highest BCUT2D eigenvalue weighted by Gasteiger charge is 2.34. The van der Waals surface area contributed by atoms with Crippen molar-refractivity contribution < 1.29 is 13.2 Å². The van der Waals surface area contributed by atoms with Crippen LogP contribution in [0.3, 0.4) is 0 Å². The number of sulfone groups is 1. The number of nitrogens with zero attached hydrogens (tertiary/aromatic N) is 1. The van der Waals surface area contributed by atoms with Crippen LogP contribution in [0.15, 0.2) is 18.2 Å². The van der Waals surface area contributed by atoms with Crippen molar-refractivity contribution >= 4 is 15.7 Å². The molecule has 1 aliphatic heterocycles. The van der Waals surface area contributed by atoms with Crippen molar-refractivity contribution in [1.29, 1.82) is 0 Å². The quantitative estimate of drug-likeness (QED) is 0.773. The number of hydrogen-bond acceptors (Lipinski definition) is 3. The molecule has 0 radical (unpaired) electrons. The van der Waals surface area contributed by atoms with Crippen LogP contribution in [0, 0.1) is 26.2 Å². The average Bonchev–Trinajstić information content (AvgIpc) is 2.83. The van der Waals surface area contributed by atoms with Crippen molar-refractivity contribution in [1.82, 2.24) is 4.90 Å². The molecule has 1 heterocycles. The lowest BCUT2D eigenvalue weighted by Gasteiger charge is -2.26. The zero-order chi connectivity index (χ0) is 17.0. The minimum atomic E-state index is -3.03. The van der Waals surface area contributed by atoms with Gasteiger partial charge >= 0.3 is 0 Å². The van der Waals surface area contributed by atoms with E-state index in [4.69, 9.17) is 6.42 Å². The fraction of sp³-hybridized carbons (Fsp3) is 0.500. The topological polar surface area (TPSA) is 54.5 Å². The summed E-state index contributed by atoms with van der Waals surface area (Å²) >= 11 is 0. The molecule has 23 heavy (non-hydrogen) atoms. The van der Waals surface area contributed by atoms with E-state index in [1.165, 1.54) is 11.1 Å². The Bertz CT molecular complexity index is 731. The molecule has 1 fully saturated rings. The summed E-state index contributed by atoms with van der Waals surface area (Å²) in [5.74, 6) is 2.59. The molecule has 2 rings (SSSR count). The first kappa shape index (κ1) is 17.6. The van der Waals surface area contributed by atoms with E-state index in [1.54, 1.807) is 4.90 Å². The fourth-order valence-corrected chi connectivity index (χ4v) is 4.78. The van der Waals surface area contributed by atoms with Gasteiger partial charge in [0.2, 0.25) is 5.91 Å². The number of rotatable bonds is 5. The smallest absolute Gasteiger partial charge is 0.223 e. The molecule has 0 spiro atoms. The number of aryl methyl sites for hydroxylation is 3. The van der Waals surface area contributed by atoms with Crippen molar-refractivity contribution in [3.63, 3.8) is 0 Å². The largest absolute Gasteiger partial charge is 0.328 e. The Morgan fingerprint density at radius 2 is 2.13 bits per heavy atom. The predicted octanol–water partition coefficient (Wildman–Crippen LogP) is 1.88. The molecule has 1 aromatic carbocycles. The third kappa shape index (κ3) is 4.59. The zero-order valence-corrected chi connectivity index (χ0v) is 14.5. The molecule has 1 unspecified atom stereocenters. The van der Waals surface area contributed by atoms with Gasteiger partial charge in [-0.25, -0.2) is 8.42 Å². The van der Waals surface area contributed by atoms with Crippen LogP contribution in [-0.4, -0.2) is 43.3 Å². The first-order chi connectivity index (χ1) is 10.8. The normalized spacial score (nSPS) is 19.3. The summed E-state index contributed by atoms with van der Waals surface area (Å²) in [4.78, 5) is 14.1. The van der Waals surface area contributed by atoms with Gasteiger partial charge in [-0.3, -0.25) is 4.79 Å². The third-order valence-corrected chi connectivity index (χ3v) is 6.09. The Hall–Kier alpha value is -1.80. The van der Waals surface area contributed by atoms with Crippen LogP contribution >= 0.6 is 0 Å². The van der Waals surface area contributed by atoms with Crippen LogP contribution < -0.4 is 0 Å². The second kappa shape index (κ2) is 7.18. The summed E-state index contributed by atoms with van der Waals surface area (Å²) in [6.45, 7) is 4.25. The van der Waals surface area contributed by atoms with Gasteiger partial charge in [0.05, 0.1) is 18.1 Å². The number of carbonyl (C=O) groups is 1. The van der Waals surface area contributed by atoms with E-state index in [2.05, 4.69) is 12.0 Å². The lowest BCUT2D eigenvalue weighted by Crippen LogP contribution is -2.41. The van der Waals surface area contributed by atoms with Gasteiger partial charge in [0.1, 0.15) is 0 Å². The van der Waals surface area contributed by atoms with E-state index < -0.39 is 9.84 Å². The van der Waals surface area contributed by atoms with Gasteiger partial charge in [0.15, 0.2) is 9.84 Å². The first-order valence-corrected chi connectivity index (χ1v) is 9.64. The van der Waals surface area contributed by atoms with Crippen molar-refractivity contribution in [3.05, 3.63) is 34.9 Å². The average molecular weight is 333 g/mol. The molecule has 1 saturated heterocycles. The monoisotopic (exact) mass is 333 g/mol. The van der Waals surface area contributed by atoms with Gasteiger partial charge in [-0.15, -0.1) is 6.42 Å². The zero-order valence-electron chi connectivity index (χ0n) is 13.7. The highest BCUT2D eigenvalue weighted by molar-refractivity contribution is 7.91. The molecule has 1 aliphatic rings. The molecule has 1 atom stereocenters. The van der Waals surface area contributed by atoms with Crippen molar-refractivity contribution in [3.8, 4) is 12.3 Å².